The molecule has 0 aromatic rings. The SMILES string of the molecule is CCC1CCC2=C(C=C(C(=O)N3CCN(C)CC3)C2)C1. The van der Waals surface area contributed by atoms with Crippen molar-refractivity contribution in [2.24, 2.45) is 5.92 Å². The van der Waals surface area contributed by atoms with Crippen LogP contribution in [0.5, 0.6) is 0 Å². The van der Waals surface area contributed by atoms with Crippen molar-refractivity contribution in [3.8, 4) is 0 Å². The molecule has 0 aromatic heterocycles. The van der Waals surface area contributed by atoms with Gasteiger partial charge in [-0.25, -0.2) is 0 Å². The molecule has 3 rings (SSSR count). The van der Waals surface area contributed by atoms with Gasteiger partial charge in [-0.3, -0.25) is 4.79 Å². The first-order chi connectivity index (χ1) is 9.67. The maximum absolute atomic E-state index is 12.6. The predicted octanol–water partition coefficient (Wildman–Crippen LogP) is 2.60. The first kappa shape index (κ1) is 13.9. The number of rotatable bonds is 2. The van der Waals surface area contributed by atoms with E-state index in [4.69, 9.17) is 0 Å². The molecule has 1 saturated heterocycles. The standard InChI is InChI=1S/C17H26N2O/c1-3-13-4-5-14-11-16(12-15(14)10-13)17(20)19-8-6-18(2)7-9-19/h12-13H,3-11H2,1-2H3. The molecule has 0 radical (unpaired) electrons. The van der Waals surface area contributed by atoms with Crippen molar-refractivity contribution < 1.29 is 4.79 Å². The molecule has 0 N–H and O–H groups in total. The summed E-state index contributed by atoms with van der Waals surface area (Å²) in [7, 11) is 2.13. The summed E-state index contributed by atoms with van der Waals surface area (Å²) in [6, 6.07) is 0. The summed E-state index contributed by atoms with van der Waals surface area (Å²) >= 11 is 0. The Hall–Kier alpha value is -1.09. The summed E-state index contributed by atoms with van der Waals surface area (Å²) in [4.78, 5) is 17.0. The smallest absolute Gasteiger partial charge is 0.250 e. The van der Waals surface area contributed by atoms with Crippen LogP contribution in [0.25, 0.3) is 0 Å². The molecule has 110 valence electrons. The average Bonchev–Trinajstić information content (AvgIpc) is 2.90. The van der Waals surface area contributed by atoms with Crippen LogP contribution in [0, 0.1) is 5.92 Å². The van der Waals surface area contributed by atoms with Crippen LogP contribution >= 0.6 is 0 Å². The van der Waals surface area contributed by atoms with Gasteiger partial charge in [-0.15, -0.1) is 0 Å². The number of amides is 1. The molecule has 1 unspecified atom stereocenters. The average molecular weight is 274 g/mol. The van der Waals surface area contributed by atoms with Crippen molar-refractivity contribution in [2.45, 2.75) is 39.0 Å². The Bertz CT molecular complexity index is 456. The fraction of sp³-hybridized carbons (Fsp3) is 0.706. The van der Waals surface area contributed by atoms with Crippen LogP contribution in [-0.4, -0.2) is 48.9 Å². The Morgan fingerprint density at radius 2 is 2.05 bits per heavy atom. The maximum atomic E-state index is 12.6. The van der Waals surface area contributed by atoms with E-state index >= 15 is 0 Å². The fourth-order valence-electron chi connectivity index (χ4n) is 3.65. The Morgan fingerprint density at radius 1 is 1.30 bits per heavy atom. The molecule has 0 bridgehead atoms. The highest BCUT2D eigenvalue weighted by Gasteiger charge is 2.29. The van der Waals surface area contributed by atoms with Gasteiger partial charge in [-0.2, -0.15) is 0 Å². The van der Waals surface area contributed by atoms with Crippen molar-refractivity contribution in [1.29, 1.82) is 0 Å². The van der Waals surface area contributed by atoms with E-state index in [0.29, 0.717) is 5.91 Å². The molecule has 0 spiro atoms. The summed E-state index contributed by atoms with van der Waals surface area (Å²) < 4.78 is 0. The zero-order valence-corrected chi connectivity index (χ0v) is 12.8. The molecular weight excluding hydrogens is 248 g/mol. The highest BCUT2D eigenvalue weighted by atomic mass is 16.2. The van der Waals surface area contributed by atoms with Crippen molar-refractivity contribution in [1.82, 2.24) is 9.80 Å². The number of piperazine rings is 1. The van der Waals surface area contributed by atoms with Crippen LogP contribution in [0.1, 0.15) is 39.0 Å². The van der Waals surface area contributed by atoms with E-state index in [9.17, 15) is 4.79 Å². The minimum absolute atomic E-state index is 0.292. The number of hydrogen-bond donors (Lipinski definition) is 0. The zero-order chi connectivity index (χ0) is 14.1. The molecule has 20 heavy (non-hydrogen) atoms. The summed E-state index contributed by atoms with van der Waals surface area (Å²) in [6.45, 7) is 6.06. The normalized spacial score (nSPS) is 27.6. The second-order valence-electron chi connectivity index (χ2n) is 6.59. The Morgan fingerprint density at radius 3 is 2.75 bits per heavy atom. The second kappa shape index (κ2) is 5.72. The van der Waals surface area contributed by atoms with Gasteiger partial charge in [0.25, 0.3) is 0 Å². The molecule has 1 atom stereocenters. The van der Waals surface area contributed by atoms with E-state index < -0.39 is 0 Å². The molecule has 1 aliphatic heterocycles. The lowest BCUT2D eigenvalue weighted by Crippen LogP contribution is -2.47. The van der Waals surface area contributed by atoms with Gasteiger partial charge in [-0.05, 0) is 44.2 Å². The van der Waals surface area contributed by atoms with Gasteiger partial charge in [0.05, 0.1) is 0 Å². The molecular formula is C17H26N2O. The zero-order valence-electron chi connectivity index (χ0n) is 12.8. The van der Waals surface area contributed by atoms with Crippen LogP contribution in [0.15, 0.2) is 22.8 Å². The van der Waals surface area contributed by atoms with Gasteiger partial charge in [0.2, 0.25) is 5.91 Å². The molecule has 1 amide bonds. The number of carbonyl (C=O) groups excluding carboxylic acids is 1. The summed E-state index contributed by atoms with van der Waals surface area (Å²) in [5.74, 6) is 1.13. The summed E-state index contributed by atoms with van der Waals surface area (Å²) in [6.07, 6.45) is 8.15. The lowest BCUT2D eigenvalue weighted by atomic mass is 9.84. The van der Waals surface area contributed by atoms with Crippen LogP contribution in [0.3, 0.4) is 0 Å². The van der Waals surface area contributed by atoms with Gasteiger partial charge in [0.15, 0.2) is 0 Å². The first-order valence-electron chi connectivity index (χ1n) is 8.06. The molecule has 0 saturated carbocycles. The lowest BCUT2D eigenvalue weighted by molar-refractivity contribution is -0.128. The Kier molecular flexibility index (Phi) is 3.97. The van der Waals surface area contributed by atoms with E-state index in [2.05, 4.69) is 24.9 Å². The fourth-order valence-corrected chi connectivity index (χ4v) is 3.65. The van der Waals surface area contributed by atoms with Crippen molar-refractivity contribution >= 4 is 5.91 Å². The highest BCUT2D eigenvalue weighted by molar-refractivity contribution is 5.95. The molecule has 3 aliphatic rings. The number of allylic oxidation sites excluding steroid dienone is 3. The quantitative estimate of drug-likeness (QED) is 0.773. The van der Waals surface area contributed by atoms with Gasteiger partial charge in [0, 0.05) is 31.8 Å². The van der Waals surface area contributed by atoms with Gasteiger partial charge in [0.1, 0.15) is 0 Å². The van der Waals surface area contributed by atoms with Crippen molar-refractivity contribution in [2.75, 3.05) is 33.2 Å². The largest absolute Gasteiger partial charge is 0.336 e. The predicted molar refractivity (Wildman–Crippen MR) is 81.4 cm³/mol. The molecule has 1 fully saturated rings. The highest BCUT2D eigenvalue weighted by Crippen LogP contribution is 2.40. The lowest BCUT2D eigenvalue weighted by Gasteiger charge is -2.32. The molecule has 3 heteroatoms. The maximum Gasteiger partial charge on any atom is 0.250 e. The van der Waals surface area contributed by atoms with Crippen LogP contribution in [0.4, 0.5) is 0 Å². The monoisotopic (exact) mass is 274 g/mol. The molecule has 1 heterocycles. The topological polar surface area (TPSA) is 23.6 Å². The second-order valence-corrected chi connectivity index (χ2v) is 6.59. The van der Waals surface area contributed by atoms with Crippen molar-refractivity contribution in [3.63, 3.8) is 0 Å². The number of nitrogens with zero attached hydrogens (tertiary/aromatic N) is 2. The number of likely N-dealkylation sites (N-methyl/N-ethyl adjacent to an activating group) is 1. The van der Waals surface area contributed by atoms with E-state index in [1.165, 1.54) is 31.3 Å². The minimum atomic E-state index is 0.292. The third kappa shape index (κ3) is 2.69. The number of hydrogen-bond acceptors (Lipinski definition) is 2. The third-order valence-electron chi connectivity index (χ3n) is 5.21. The van der Waals surface area contributed by atoms with Crippen LogP contribution in [0.2, 0.25) is 0 Å². The minimum Gasteiger partial charge on any atom is -0.336 e. The van der Waals surface area contributed by atoms with Crippen molar-refractivity contribution in [3.05, 3.63) is 22.8 Å². The molecule has 0 aromatic carbocycles. The van der Waals surface area contributed by atoms with Gasteiger partial charge < -0.3 is 9.80 Å². The van der Waals surface area contributed by atoms with Gasteiger partial charge in [-0.1, -0.05) is 25.0 Å². The van der Waals surface area contributed by atoms with Crippen LogP contribution < -0.4 is 0 Å². The third-order valence-corrected chi connectivity index (χ3v) is 5.21. The Labute approximate surface area is 122 Å². The van der Waals surface area contributed by atoms with Gasteiger partial charge >= 0.3 is 0 Å². The Balaban J connectivity index is 1.64. The number of carbonyl (C=O) groups is 1. The van der Waals surface area contributed by atoms with E-state index in [-0.39, 0.29) is 0 Å². The van der Waals surface area contributed by atoms with E-state index in [0.717, 1.165) is 44.1 Å². The first-order valence-corrected chi connectivity index (χ1v) is 8.06. The molecule has 3 nitrogen and oxygen atoms in total. The van der Waals surface area contributed by atoms with E-state index in [1.807, 2.05) is 4.90 Å². The summed E-state index contributed by atoms with van der Waals surface area (Å²) in [5, 5.41) is 0. The van der Waals surface area contributed by atoms with Crippen LogP contribution in [-0.2, 0) is 4.79 Å². The van der Waals surface area contributed by atoms with E-state index in [1.54, 1.807) is 5.57 Å². The molecule has 2 aliphatic carbocycles. The summed E-state index contributed by atoms with van der Waals surface area (Å²) in [5.41, 5.74) is 4.09.